The maximum atomic E-state index is 12.5. The van der Waals surface area contributed by atoms with Crippen LogP contribution in [0.5, 0.6) is 0 Å². The van der Waals surface area contributed by atoms with E-state index in [1.807, 2.05) is 13.0 Å². The number of carbonyl (C=O) groups excluding carboxylic acids is 1. The lowest BCUT2D eigenvalue weighted by atomic mass is 9.73. The fourth-order valence-electron chi connectivity index (χ4n) is 2.65. The predicted molar refractivity (Wildman–Crippen MR) is 77.2 cm³/mol. The van der Waals surface area contributed by atoms with Crippen LogP contribution in [-0.2, 0) is 4.79 Å². The van der Waals surface area contributed by atoms with Gasteiger partial charge in [-0.15, -0.1) is 0 Å². The molecule has 1 aliphatic rings. The zero-order chi connectivity index (χ0) is 13.9. The Hall–Kier alpha value is -1.13. The van der Waals surface area contributed by atoms with Crippen LogP contribution in [0, 0.1) is 12.3 Å². The van der Waals surface area contributed by atoms with E-state index in [2.05, 4.69) is 10.3 Å². The van der Waals surface area contributed by atoms with E-state index in [9.17, 15) is 4.79 Å². The van der Waals surface area contributed by atoms with E-state index >= 15 is 0 Å². The van der Waals surface area contributed by atoms with Crippen molar-refractivity contribution >= 4 is 23.2 Å². The molecule has 1 heterocycles. The molecule has 1 saturated carbocycles. The minimum absolute atomic E-state index is 0.0241. The molecule has 0 radical (unpaired) electrons. The van der Waals surface area contributed by atoms with Crippen LogP contribution in [0.3, 0.4) is 0 Å². The van der Waals surface area contributed by atoms with E-state index in [-0.39, 0.29) is 5.91 Å². The molecule has 19 heavy (non-hydrogen) atoms. The molecule has 1 aromatic heterocycles. The summed E-state index contributed by atoms with van der Waals surface area (Å²) in [5, 5.41) is 3.22. The first-order valence-electron chi connectivity index (χ1n) is 6.71. The Labute approximate surface area is 118 Å². The normalized spacial score (nSPS) is 18.1. The Morgan fingerprint density at radius 2 is 2.16 bits per heavy atom. The van der Waals surface area contributed by atoms with Crippen LogP contribution in [0.25, 0.3) is 0 Å². The Bertz CT molecular complexity index is 470. The molecule has 0 bridgehead atoms. The molecule has 4 nitrogen and oxygen atoms in total. The summed E-state index contributed by atoms with van der Waals surface area (Å²) in [5.41, 5.74) is 6.95. The summed E-state index contributed by atoms with van der Waals surface area (Å²) in [6, 6.07) is 1.83. The lowest BCUT2D eigenvalue weighted by Gasteiger charge is -2.34. The topological polar surface area (TPSA) is 68.0 Å². The summed E-state index contributed by atoms with van der Waals surface area (Å²) < 4.78 is 0. The SMILES string of the molecule is Cc1cnc(Cl)c(NC(=O)C2(CN)CCCCC2)c1. The highest BCUT2D eigenvalue weighted by Gasteiger charge is 2.38. The fourth-order valence-corrected chi connectivity index (χ4v) is 2.80. The number of carbonyl (C=O) groups is 1. The van der Waals surface area contributed by atoms with Gasteiger partial charge in [0.25, 0.3) is 0 Å². The Kier molecular flexibility index (Phi) is 4.42. The van der Waals surface area contributed by atoms with Crippen molar-refractivity contribution in [1.82, 2.24) is 4.98 Å². The molecular weight excluding hydrogens is 262 g/mol. The Balaban J connectivity index is 2.17. The zero-order valence-corrected chi connectivity index (χ0v) is 12.0. The van der Waals surface area contributed by atoms with Gasteiger partial charge in [-0.2, -0.15) is 0 Å². The van der Waals surface area contributed by atoms with Crippen molar-refractivity contribution in [2.24, 2.45) is 11.1 Å². The Morgan fingerprint density at radius 1 is 1.47 bits per heavy atom. The number of nitrogens with two attached hydrogens (primary N) is 1. The molecule has 0 spiro atoms. The van der Waals surface area contributed by atoms with Crippen LogP contribution in [-0.4, -0.2) is 17.4 Å². The lowest BCUT2D eigenvalue weighted by molar-refractivity contribution is -0.126. The average molecular weight is 282 g/mol. The molecule has 0 aromatic carbocycles. The van der Waals surface area contributed by atoms with E-state index in [1.54, 1.807) is 6.20 Å². The minimum atomic E-state index is -0.439. The van der Waals surface area contributed by atoms with Gasteiger partial charge in [-0.25, -0.2) is 4.98 Å². The second-order valence-corrected chi connectivity index (χ2v) is 5.71. The molecule has 0 unspecified atom stereocenters. The standard InChI is InChI=1S/C14H20ClN3O/c1-10-7-11(12(15)17-8-10)18-13(19)14(9-16)5-3-2-4-6-14/h7-8H,2-6,9,16H2,1H3,(H,18,19). The Morgan fingerprint density at radius 3 is 2.79 bits per heavy atom. The minimum Gasteiger partial charge on any atom is -0.329 e. The third kappa shape index (κ3) is 3.07. The van der Waals surface area contributed by atoms with Crippen molar-refractivity contribution in [2.45, 2.75) is 39.0 Å². The van der Waals surface area contributed by atoms with Gasteiger partial charge in [-0.3, -0.25) is 4.79 Å². The first-order chi connectivity index (χ1) is 9.07. The van der Waals surface area contributed by atoms with E-state index in [0.717, 1.165) is 31.2 Å². The molecule has 1 fully saturated rings. The van der Waals surface area contributed by atoms with Gasteiger partial charge in [-0.1, -0.05) is 30.9 Å². The van der Waals surface area contributed by atoms with Crippen LogP contribution in [0.2, 0.25) is 5.15 Å². The van der Waals surface area contributed by atoms with Gasteiger partial charge in [0.15, 0.2) is 5.15 Å². The third-order valence-electron chi connectivity index (χ3n) is 3.91. The molecule has 104 valence electrons. The predicted octanol–water partition coefficient (Wildman–Crippen LogP) is 2.89. The van der Waals surface area contributed by atoms with E-state index in [1.165, 1.54) is 6.42 Å². The fraction of sp³-hybridized carbons (Fsp3) is 0.571. The van der Waals surface area contributed by atoms with Gasteiger partial charge >= 0.3 is 0 Å². The molecule has 0 atom stereocenters. The van der Waals surface area contributed by atoms with Crippen LogP contribution in [0.15, 0.2) is 12.3 Å². The van der Waals surface area contributed by atoms with Crippen LogP contribution >= 0.6 is 11.6 Å². The molecule has 0 saturated heterocycles. The number of hydrogen-bond acceptors (Lipinski definition) is 3. The molecule has 2 rings (SSSR count). The summed E-state index contributed by atoms with van der Waals surface area (Å²) in [7, 11) is 0. The molecule has 1 amide bonds. The first-order valence-corrected chi connectivity index (χ1v) is 7.09. The van der Waals surface area contributed by atoms with Crippen molar-refractivity contribution in [3.63, 3.8) is 0 Å². The second-order valence-electron chi connectivity index (χ2n) is 5.35. The van der Waals surface area contributed by atoms with E-state index in [4.69, 9.17) is 17.3 Å². The maximum Gasteiger partial charge on any atom is 0.231 e. The number of nitrogens with one attached hydrogen (secondary N) is 1. The highest BCUT2D eigenvalue weighted by atomic mass is 35.5. The summed E-state index contributed by atoms with van der Waals surface area (Å²) in [6.45, 7) is 2.30. The number of hydrogen-bond donors (Lipinski definition) is 2. The molecular formula is C14H20ClN3O. The number of pyridine rings is 1. The van der Waals surface area contributed by atoms with Crippen LogP contribution in [0.1, 0.15) is 37.7 Å². The smallest absolute Gasteiger partial charge is 0.231 e. The van der Waals surface area contributed by atoms with E-state index in [0.29, 0.717) is 17.4 Å². The molecule has 0 aliphatic heterocycles. The second kappa shape index (κ2) is 5.88. The number of aromatic nitrogens is 1. The maximum absolute atomic E-state index is 12.5. The lowest BCUT2D eigenvalue weighted by Crippen LogP contribution is -2.43. The summed E-state index contributed by atoms with van der Waals surface area (Å²) in [5.74, 6) is -0.0241. The van der Waals surface area contributed by atoms with Gasteiger partial charge in [0.2, 0.25) is 5.91 Å². The van der Waals surface area contributed by atoms with Crippen molar-refractivity contribution in [3.8, 4) is 0 Å². The molecule has 1 aromatic rings. The van der Waals surface area contributed by atoms with Gasteiger partial charge in [-0.05, 0) is 31.4 Å². The number of amides is 1. The number of anilines is 1. The van der Waals surface area contributed by atoms with Crippen molar-refractivity contribution in [2.75, 3.05) is 11.9 Å². The van der Waals surface area contributed by atoms with Crippen LogP contribution in [0.4, 0.5) is 5.69 Å². The zero-order valence-electron chi connectivity index (χ0n) is 11.2. The quantitative estimate of drug-likeness (QED) is 0.837. The van der Waals surface area contributed by atoms with Gasteiger partial charge < -0.3 is 11.1 Å². The molecule has 1 aliphatic carbocycles. The summed E-state index contributed by atoms with van der Waals surface area (Å²) in [6.07, 6.45) is 6.69. The van der Waals surface area contributed by atoms with Crippen molar-refractivity contribution in [1.29, 1.82) is 0 Å². The average Bonchev–Trinajstić information content (AvgIpc) is 2.43. The van der Waals surface area contributed by atoms with Gasteiger partial charge in [0, 0.05) is 12.7 Å². The highest BCUT2D eigenvalue weighted by molar-refractivity contribution is 6.32. The third-order valence-corrected chi connectivity index (χ3v) is 4.21. The van der Waals surface area contributed by atoms with Crippen molar-refractivity contribution < 1.29 is 4.79 Å². The number of nitrogens with zero attached hydrogens (tertiary/aromatic N) is 1. The van der Waals surface area contributed by atoms with Gasteiger partial charge in [0.05, 0.1) is 11.1 Å². The first kappa shape index (κ1) is 14.3. The monoisotopic (exact) mass is 281 g/mol. The van der Waals surface area contributed by atoms with Gasteiger partial charge in [0.1, 0.15) is 0 Å². The molecule has 3 N–H and O–H groups in total. The summed E-state index contributed by atoms with van der Waals surface area (Å²) in [4.78, 5) is 16.6. The van der Waals surface area contributed by atoms with Crippen LogP contribution < -0.4 is 11.1 Å². The summed E-state index contributed by atoms with van der Waals surface area (Å²) >= 11 is 6.01. The molecule has 5 heteroatoms. The number of rotatable bonds is 3. The number of aryl methyl sites for hydroxylation is 1. The van der Waals surface area contributed by atoms with Crippen molar-refractivity contribution in [3.05, 3.63) is 23.0 Å². The largest absolute Gasteiger partial charge is 0.329 e. The number of halogens is 1. The van der Waals surface area contributed by atoms with E-state index < -0.39 is 5.41 Å². The highest BCUT2D eigenvalue weighted by Crippen LogP contribution is 2.37.